The Morgan fingerprint density at radius 2 is 1.74 bits per heavy atom. The fourth-order valence-electron chi connectivity index (χ4n) is 4.10. The van der Waals surface area contributed by atoms with E-state index in [1.54, 1.807) is 0 Å². The number of nitrogens with one attached hydrogen (secondary N) is 1. The number of anilines is 1. The van der Waals surface area contributed by atoms with Gasteiger partial charge in [-0.25, -0.2) is 9.50 Å². The molecule has 0 radical (unpaired) electrons. The average molecular weight is 412 g/mol. The highest BCUT2D eigenvalue weighted by molar-refractivity contribution is 5.87. The third-order valence-electron chi connectivity index (χ3n) is 5.64. The number of imidazole rings is 1. The molecular weight excluding hydrogens is 386 g/mol. The van der Waals surface area contributed by atoms with Gasteiger partial charge in [-0.1, -0.05) is 12.1 Å². The summed E-state index contributed by atoms with van der Waals surface area (Å²) in [7, 11) is 1.97. The van der Waals surface area contributed by atoms with Gasteiger partial charge >= 0.3 is 0 Å². The number of aryl methyl sites for hydroxylation is 5. The lowest BCUT2D eigenvalue weighted by atomic mass is 10.1. The molecule has 0 spiro atoms. The molecule has 0 aliphatic heterocycles. The van der Waals surface area contributed by atoms with E-state index in [4.69, 9.17) is 10.1 Å². The van der Waals surface area contributed by atoms with Crippen molar-refractivity contribution in [2.75, 3.05) is 5.32 Å². The van der Waals surface area contributed by atoms with Gasteiger partial charge in [0.2, 0.25) is 0 Å². The molecule has 0 saturated heterocycles. The molecule has 1 N–H and O–H groups in total. The quantitative estimate of drug-likeness (QED) is 0.471. The minimum atomic E-state index is 0.675. The first kappa shape index (κ1) is 19.2. The zero-order valence-corrected chi connectivity index (χ0v) is 18.4. The van der Waals surface area contributed by atoms with Crippen LogP contribution in [-0.4, -0.2) is 29.4 Å². The Kier molecular flexibility index (Phi) is 4.46. The summed E-state index contributed by atoms with van der Waals surface area (Å²) in [6.45, 7) is 8.75. The molecule has 0 aliphatic rings. The summed E-state index contributed by atoms with van der Waals surface area (Å²) in [5, 5.41) is 14.0. The molecule has 4 heterocycles. The van der Waals surface area contributed by atoms with Crippen molar-refractivity contribution in [3.8, 4) is 11.3 Å². The first-order valence-corrected chi connectivity index (χ1v) is 10.4. The smallest absolute Gasteiger partial charge is 0.177 e. The van der Waals surface area contributed by atoms with Gasteiger partial charge in [0.15, 0.2) is 5.65 Å². The molecule has 0 aliphatic carbocycles. The molecular formula is C24H25N7. The summed E-state index contributed by atoms with van der Waals surface area (Å²) in [6, 6.07) is 12.6. The van der Waals surface area contributed by atoms with Gasteiger partial charge in [0.1, 0.15) is 0 Å². The maximum Gasteiger partial charge on any atom is 0.177 e. The molecule has 4 aromatic heterocycles. The van der Waals surface area contributed by atoms with E-state index in [1.807, 2.05) is 62.3 Å². The van der Waals surface area contributed by atoms with Crippen LogP contribution in [0.2, 0.25) is 0 Å². The zero-order chi connectivity index (χ0) is 21.7. The molecule has 0 saturated carbocycles. The molecule has 156 valence electrons. The lowest BCUT2D eigenvalue weighted by Gasteiger charge is -2.10. The largest absolute Gasteiger partial charge is 0.378 e. The van der Waals surface area contributed by atoms with Crippen molar-refractivity contribution < 1.29 is 0 Å². The lowest BCUT2D eigenvalue weighted by molar-refractivity contribution is 0.783. The van der Waals surface area contributed by atoms with Crippen LogP contribution < -0.4 is 5.32 Å². The topological polar surface area (TPSA) is 72.9 Å². The number of fused-ring (bicyclic) bond motifs is 2. The van der Waals surface area contributed by atoms with E-state index in [0.29, 0.717) is 6.54 Å². The van der Waals surface area contributed by atoms with E-state index >= 15 is 0 Å². The Bertz CT molecular complexity index is 1420. The van der Waals surface area contributed by atoms with Crippen LogP contribution in [0.5, 0.6) is 0 Å². The fourth-order valence-corrected chi connectivity index (χ4v) is 4.10. The van der Waals surface area contributed by atoms with Crippen LogP contribution in [0.3, 0.4) is 0 Å². The standard InChI is InChI=1S/C24H25N7/c1-14-6-7-18(12-25-14)13-26-21-10-15(2)28-31-23(17(4)27-24(21)31)19-8-9-22-20(11-19)16(3)29-30(22)5/h6-12,26H,13H2,1-5H3. The van der Waals surface area contributed by atoms with Crippen LogP contribution in [-0.2, 0) is 13.6 Å². The van der Waals surface area contributed by atoms with Gasteiger partial charge < -0.3 is 5.32 Å². The number of hydrogen-bond donors (Lipinski definition) is 1. The predicted octanol–water partition coefficient (Wildman–Crippen LogP) is 4.52. The summed E-state index contributed by atoms with van der Waals surface area (Å²) >= 11 is 0. The maximum absolute atomic E-state index is 4.87. The van der Waals surface area contributed by atoms with Crippen molar-refractivity contribution in [3.05, 3.63) is 70.9 Å². The first-order valence-electron chi connectivity index (χ1n) is 10.4. The first-order chi connectivity index (χ1) is 14.9. The molecule has 7 nitrogen and oxygen atoms in total. The van der Waals surface area contributed by atoms with Crippen molar-refractivity contribution in [2.45, 2.75) is 34.2 Å². The lowest BCUT2D eigenvalue weighted by Crippen LogP contribution is -2.05. The molecule has 0 unspecified atom stereocenters. The third kappa shape index (κ3) is 3.32. The Labute approximate surface area is 180 Å². The van der Waals surface area contributed by atoms with E-state index < -0.39 is 0 Å². The highest BCUT2D eigenvalue weighted by atomic mass is 15.3. The van der Waals surface area contributed by atoms with Crippen LogP contribution in [0.4, 0.5) is 5.69 Å². The summed E-state index contributed by atoms with van der Waals surface area (Å²) in [5.41, 5.74) is 10.0. The van der Waals surface area contributed by atoms with Gasteiger partial charge in [-0.2, -0.15) is 10.2 Å². The van der Waals surface area contributed by atoms with Crippen LogP contribution in [0.25, 0.3) is 27.8 Å². The molecule has 0 bridgehead atoms. The Balaban J connectivity index is 1.59. The second kappa shape index (κ2) is 7.19. The van der Waals surface area contributed by atoms with Crippen molar-refractivity contribution in [2.24, 2.45) is 7.05 Å². The second-order valence-electron chi connectivity index (χ2n) is 8.08. The third-order valence-corrected chi connectivity index (χ3v) is 5.64. The zero-order valence-electron chi connectivity index (χ0n) is 18.4. The van der Waals surface area contributed by atoms with E-state index in [9.17, 15) is 0 Å². The van der Waals surface area contributed by atoms with Crippen LogP contribution in [0.1, 0.15) is 28.3 Å². The second-order valence-corrected chi connectivity index (χ2v) is 8.08. The Hall–Kier alpha value is -3.74. The summed E-state index contributed by atoms with van der Waals surface area (Å²) < 4.78 is 3.87. The fraction of sp³-hybridized carbons (Fsp3) is 0.250. The van der Waals surface area contributed by atoms with Crippen molar-refractivity contribution in [3.63, 3.8) is 0 Å². The van der Waals surface area contributed by atoms with Gasteiger partial charge in [-0.15, -0.1) is 0 Å². The van der Waals surface area contributed by atoms with Crippen LogP contribution in [0, 0.1) is 27.7 Å². The number of rotatable bonds is 4. The molecule has 7 heteroatoms. The Morgan fingerprint density at radius 3 is 2.52 bits per heavy atom. The van der Waals surface area contributed by atoms with Crippen LogP contribution >= 0.6 is 0 Å². The highest BCUT2D eigenvalue weighted by Crippen LogP contribution is 2.31. The van der Waals surface area contributed by atoms with Gasteiger partial charge in [-0.05, 0) is 57.5 Å². The van der Waals surface area contributed by atoms with E-state index in [-0.39, 0.29) is 0 Å². The summed E-state index contributed by atoms with van der Waals surface area (Å²) in [5.74, 6) is 0. The number of aromatic nitrogens is 6. The normalized spacial score (nSPS) is 11.5. The van der Waals surface area contributed by atoms with Gasteiger partial charge in [0.05, 0.1) is 34.0 Å². The minimum absolute atomic E-state index is 0.675. The molecule has 0 fully saturated rings. The minimum Gasteiger partial charge on any atom is -0.378 e. The Morgan fingerprint density at radius 1 is 0.903 bits per heavy atom. The summed E-state index contributed by atoms with van der Waals surface area (Å²) in [6.07, 6.45) is 1.90. The molecule has 5 rings (SSSR count). The number of pyridine rings is 1. The van der Waals surface area contributed by atoms with E-state index in [0.717, 1.165) is 61.8 Å². The summed E-state index contributed by atoms with van der Waals surface area (Å²) in [4.78, 5) is 9.25. The number of hydrogen-bond acceptors (Lipinski definition) is 5. The highest BCUT2D eigenvalue weighted by Gasteiger charge is 2.17. The van der Waals surface area contributed by atoms with E-state index in [1.165, 1.54) is 0 Å². The monoisotopic (exact) mass is 411 g/mol. The molecule has 5 aromatic rings. The number of benzene rings is 1. The predicted molar refractivity (Wildman–Crippen MR) is 123 cm³/mol. The molecule has 0 atom stereocenters. The van der Waals surface area contributed by atoms with Crippen molar-refractivity contribution in [1.29, 1.82) is 0 Å². The molecule has 0 amide bonds. The SMILES string of the molecule is Cc1ccc(CNc2cc(C)nn3c(-c4ccc5c(c4)c(C)nn5C)c(C)nc23)cn1. The average Bonchev–Trinajstić information content (AvgIpc) is 3.22. The molecule has 31 heavy (non-hydrogen) atoms. The van der Waals surface area contributed by atoms with Crippen molar-refractivity contribution >= 4 is 22.2 Å². The van der Waals surface area contributed by atoms with Crippen molar-refractivity contribution in [1.82, 2.24) is 29.4 Å². The molecule has 1 aromatic carbocycles. The van der Waals surface area contributed by atoms with Gasteiger partial charge in [0, 0.05) is 36.4 Å². The maximum atomic E-state index is 4.87. The van der Waals surface area contributed by atoms with Gasteiger partial charge in [-0.3, -0.25) is 9.67 Å². The van der Waals surface area contributed by atoms with Crippen LogP contribution in [0.15, 0.2) is 42.6 Å². The number of nitrogens with zero attached hydrogens (tertiary/aromatic N) is 6. The van der Waals surface area contributed by atoms with Gasteiger partial charge in [0.25, 0.3) is 0 Å². The van der Waals surface area contributed by atoms with E-state index in [2.05, 4.69) is 39.7 Å².